The van der Waals surface area contributed by atoms with Crippen LogP contribution < -0.4 is 16.2 Å². The van der Waals surface area contributed by atoms with Crippen molar-refractivity contribution >= 4 is 11.9 Å². The Morgan fingerprint density at radius 2 is 2.20 bits per heavy atom. The second-order valence-corrected chi connectivity index (χ2v) is 5.08. The summed E-state index contributed by atoms with van der Waals surface area (Å²) in [6.07, 6.45) is 6.08. The van der Waals surface area contributed by atoms with E-state index in [1.165, 1.54) is 0 Å². The van der Waals surface area contributed by atoms with Crippen molar-refractivity contribution in [2.75, 3.05) is 25.9 Å². The van der Waals surface area contributed by atoms with Crippen LogP contribution >= 0.6 is 0 Å². The van der Waals surface area contributed by atoms with Crippen molar-refractivity contribution in [2.24, 2.45) is 10.7 Å². The van der Waals surface area contributed by atoms with Crippen molar-refractivity contribution in [3.8, 4) is 5.88 Å². The number of nitrogens with two attached hydrogens (primary N) is 2. The van der Waals surface area contributed by atoms with E-state index in [0.717, 1.165) is 18.7 Å². The number of aliphatic imine (C=N–C) groups is 1. The van der Waals surface area contributed by atoms with Crippen LogP contribution in [0.4, 0.5) is 5.69 Å². The molecule has 0 saturated carbocycles. The van der Waals surface area contributed by atoms with E-state index in [0.29, 0.717) is 18.2 Å². The average Bonchev–Trinajstić information content (AvgIpc) is 2.44. The molecule has 1 aliphatic rings. The number of dihydropyridines is 1. The second kappa shape index (κ2) is 5.92. The minimum atomic E-state index is -0.263. The molecule has 1 atom stereocenters. The van der Waals surface area contributed by atoms with Gasteiger partial charge in [0.05, 0.1) is 11.9 Å². The maximum atomic E-state index is 5.69. The number of aromatic nitrogens is 1. The van der Waals surface area contributed by atoms with Crippen molar-refractivity contribution in [1.82, 2.24) is 9.88 Å². The number of nitrogen functional groups attached to an aromatic ring is 1. The molecular weight excluding hydrogens is 254 g/mol. The van der Waals surface area contributed by atoms with E-state index in [1.807, 2.05) is 13.1 Å². The van der Waals surface area contributed by atoms with Gasteiger partial charge in [-0.1, -0.05) is 6.08 Å². The molecule has 1 unspecified atom stereocenters. The molecule has 2 rings (SSSR count). The minimum Gasteiger partial charge on any atom is -0.476 e. The van der Waals surface area contributed by atoms with Crippen LogP contribution in [0, 0.1) is 0 Å². The van der Waals surface area contributed by atoms with Gasteiger partial charge in [-0.15, -0.1) is 0 Å². The summed E-state index contributed by atoms with van der Waals surface area (Å²) in [5.41, 5.74) is 12.4. The monoisotopic (exact) mass is 275 g/mol. The fourth-order valence-electron chi connectivity index (χ4n) is 1.89. The first-order chi connectivity index (χ1) is 9.49. The topological polar surface area (TPSA) is 89.8 Å². The van der Waals surface area contributed by atoms with Crippen molar-refractivity contribution in [2.45, 2.75) is 19.0 Å². The van der Waals surface area contributed by atoms with E-state index >= 15 is 0 Å². The highest BCUT2D eigenvalue weighted by atomic mass is 16.5. The molecular formula is C14H21N5O. The van der Waals surface area contributed by atoms with Gasteiger partial charge in [-0.2, -0.15) is 0 Å². The van der Waals surface area contributed by atoms with Gasteiger partial charge in [0.2, 0.25) is 5.88 Å². The Kier molecular flexibility index (Phi) is 4.24. The Hall–Kier alpha value is -2.08. The van der Waals surface area contributed by atoms with Crippen LogP contribution in [0.25, 0.3) is 0 Å². The summed E-state index contributed by atoms with van der Waals surface area (Å²) < 4.78 is 5.59. The lowest BCUT2D eigenvalue weighted by atomic mass is 10.0. The normalized spacial score (nSPS) is 21.9. The summed E-state index contributed by atoms with van der Waals surface area (Å²) in [6.45, 7) is 3.36. The van der Waals surface area contributed by atoms with Crippen molar-refractivity contribution in [1.29, 1.82) is 0 Å². The summed E-state index contributed by atoms with van der Waals surface area (Å²) >= 11 is 0. The summed E-state index contributed by atoms with van der Waals surface area (Å²) in [6, 6.07) is 3.53. The maximum absolute atomic E-state index is 5.69. The van der Waals surface area contributed by atoms with Crippen LogP contribution in [0.5, 0.6) is 5.88 Å². The number of anilines is 1. The lowest BCUT2D eigenvalue weighted by Crippen LogP contribution is -2.45. The molecule has 0 saturated heterocycles. The van der Waals surface area contributed by atoms with Crippen LogP contribution in [0.2, 0.25) is 0 Å². The summed E-state index contributed by atoms with van der Waals surface area (Å²) in [4.78, 5) is 10.7. The summed E-state index contributed by atoms with van der Waals surface area (Å²) in [5.74, 6) is 0.578. The lowest BCUT2D eigenvalue weighted by molar-refractivity contribution is 0.121. The third kappa shape index (κ3) is 3.48. The van der Waals surface area contributed by atoms with E-state index in [-0.39, 0.29) is 5.66 Å². The predicted molar refractivity (Wildman–Crippen MR) is 80.6 cm³/mol. The van der Waals surface area contributed by atoms with Gasteiger partial charge >= 0.3 is 0 Å². The Morgan fingerprint density at radius 1 is 1.40 bits per heavy atom. The fraction of sp³-hybridized carbons (Fsp3) is 0.429. The van der Waals surface area contributed by atoms with Gasteiger partial charge in [0.15, 0.2) is 0 Å². The number of nitrogens with zero attached hydrogens (tertiary/aromatic N) is 3. The first-order valence-electron chi connectivity index (χ1n) is 6.56. The SMILES string of the molecule is CN(CCOc1ccc(N)cn1)C1(C)CC=C(N)C=N1. The van der Waals surface area contributed by atoms with Crippen molar-refractivity contribution < 1.29 is 4.74 Å². The molecule has 0 spiro atoms. The minimum absolute atomic E-state index is 0.263. The summed E-state index contributed by atoms with van der Waals surface area (Å²) in [7, 11) is 2.02. The van der Waals surface area contributed by atoms with Crippen LogP contribution in [0.15, 0.2) is 35.1 Å². The zero-order valence-corrected chi connectivity index (χ0v) is 11.9. The molecule has 0 amide bonds. The van der Waals surface area contributed by atoms with Crippen molar-refractivity contribution in [3.05, 3.63) is 30.1 Å². The number of rotatable bonds is 5. The number of pyridine rings is 1. The predicted octanol–water partition coefficient (Wildman–Crippen LogP) is 1.01. The van der Waals surface area contributed by atoms with Gasteiger partial charge in [0.25, 0.3) is 0 Å². The third-order valence-electron chi connectivity index (χ3n) is 3.47. The van der Waals surface area contributed by atoms with E-state index < -0.39 is 0 Å². The Morgan fingerprint density at radius 3 is 2.80 bits per heavy atom. The fourth-order valence-corrected chi connectivity index (χ4v) is 1.89. The zero-order valence-electron chi connectivity index (χ0n) is 11.9. The van der Waals surface area contributed by atoms with Gasteiger partial charge in [0, 0.05) is 30.9 Å². The van der Waals surface area contributed by atoms with Gasteiger partial charge in [0.1, 0.15) is 12.3 Å². The van der Waals surface area contributed by atoms with Crippen LogP contribution in [0.3, 0.4) is 0 Å². The molecule has 0 bridgehead atoms. The molecule has 0 fully saturated rings. The number of hydrogen-bond acceptors (Lipinski definition) is 6. The number of allylic oxidation sites excluding steroid dienone is 1. The highest BCUT2D eigenvalue weighted by Gasteiger charge is 2.28. The van der Waals surface area contributed by atoms with Crippen molar-refractivity contribution in [3.63, 3.8) is 0 Å². The van der Waals surface area contributed by atoms with E-state index in [4.69, 9.17) is 16.2 Å². The molecule has 1 aromatic heterocycles. The molecule has 1 aromatic rings. The third-order valence-corrected chi connectivity index (χ3v) is 3.47. The zero-order chi connectivity index (χ0) is 14.6. The largest absolute Gasteiger partial charge is 0.476 e. The molecule has 0 radical (unpaired) electrons. The van der Waals surface area contributed by atoms with E-state index in [2.05, 4.69) is 21.8 Å². The molecule has 1 aliphatic heterocycles. The molecule has 6 nitrogen and oxygen atoms in total. The first kappa shape index (κ1) is 14.3. The lowest BCUT2D eigenvalue weighted by Gasteiger charge is -2.36. The molecule has 2 heterocycles. The highest BCUT2D eigenvalue weighted by Crippen LogP contribution is 2.23. The maximum Gasteiger partial charge on any atom is 0.213 e. The van der Waals surface area contributed by atoms with Gasteiger partial charge in [-0.25, -0.2) is 4.98 Å². The second-order valence-electron chi connectivity index (χ2n) is 5.08. The molecule has 108 valence electrons. The number of ether oxygens (including phenoxy) is 1. The molecule has 20 heavy (non-hydrogen) atoms. The number of likely N-dealkylation sites (N-methyl/N-ethyl adjacent to an activating group) is 1. The quantitative estimate of drug-likeness (QED) is 0.837. The Balaban J connectivity index is 1.82. The molecule has 4 N–H and O–H groups in total. The molecule has 0 aromatic carbocycles. The van der Waals surface area contributed by atoms with Gasteiger partial charge < -0.3 is 16.2 Å². The van der Waals surface area contributed by atoms with Crippen LogP contribution in [-0.4, -0.2) is 42.0 Å². The highest BCUT2D eigenvalue weighted by molar-refractivity contribution is 5.78. The standard InChI is InChI=1S/C14H21N5O/c1-14(6-5-12(16)10-18-14)19(2)7-8-20-13-4-3-11(15)9-17-13/h3-5,9-10H,6-8,15-16H2,1-2H3. The van der Waals surface area contributed by atoms with Gasteiger partial charge in [-0.3, -0.25) is 9.89 Å². The van der Waals surface area contributed by atoms with Crippen LogP contribution in [0.1, 0.15) is 13.3 Å². The van der Waals surface area contributed by atoms with Crippen LogP contribution in [-0.2, 0) is 0 Å². The van der Waals surface area contributed by atoms with E-state index in [9.17, 15) is 0 Å². The first-order valence-corrected chi connectivity index (χ1v) is 6.56. The van der Waals surface area contributed by atoms with Gasteiger partial charge in [-0.05, 0) is 20.0 Å². The van der Waals surface area contributed by atoms with E-state index in [1.54, 1.807) is 24.5 Å². The molecule has 6 heteroatoms. The molecule has 0 aliphatic carbocycles. The Bertz CT molecular complexity index is 511. The smallest absolute Gasteiger partial charge is 0.213 e. The Labute approximate surface area is 119 Å². The number of hydrogen-bond donors (Lipinski definition) is 2. The average molecular weight is 275 g/mol. The summed E-state index contributed by atoms with van der Waals surface area (Å²) in [5, 5.41) is 0.